The third-order valence-corrected chi connectivity index (χ3v) is 5.94. The highest BCUT2D eigenvalue weighted by Crippen LogP contribution is 2.42. The molecule has 3 aromatic carbocycles. The first-order chi connectivity index (χ1) is 19.2. The van der Waals surface area contributed by atoms with E-state index in [9.17, 15) is 30.3 Å². The molecule has 0 aromatic heterocycles. The molecule has 0 heterocycles. The zero-order valence-electron chi connectivity index (χ0n) is 21.1. The Bertz CT molecular complexity index is 1570. The van der Waals surface area contributed by atoms with Crippen LogP contribution >= 0.6 is 11.8 Å². The van der Waals surface area contributed by atoms with Crippen molar-refractivity contribution in [3.63, 3.8) is 0 Å². The van der Waals surface area contributed by atoms with Gasteiger partial charge >= 0.3 is 5.69 Å². The molecule has 3 rings (SSSR count). The summed E-state index contributed by atoms with van der Waals surface area (Å²) in [4.78, 5) is 34.8. The number of methoxy groups -OCH3 is 1. The lowest BCUT2D eigenvalue weighted by Crippen LogP contribution is -2.23. The Kier molecular flexibility index (Phi) is 9.66. The second-order valence-corrected chi connectivity index (χ2v) is 8.76. The van der Waals surface area contributed by atoms with Gasteiger partial charge in [0.15, 0.2) is 5.69 Å². The molecular formula is C25H20N8O6S. The molecule has 15 heteroatoms. The van der Waals surface area contributed by atoms with Crippen LogP contribution < -0.4 is 15.0 Å². The zero-order valence-corrected chi connectivity index (χ0v) is 21.9. The van der Waals surface area contributed by atoms with Gasteiger partial charge in [-0.05, 0) is 29.5 Å². The Labute approximate surface area is 231 Å². The molecule has 0 spiro atoms. The Balaban J connectivity index is 2.15. The van der Waals surface area contributed by atoms with Gasteiger partial charge in [-0.1, -0.05) is 30.3 Å². The molecule has 0 unspecified atom stereocenters. The fourth-order valence-corrected chi connectivity index (χ4v) is 4.12. The van der Waals surface area contributed by atoms with E-state index in [2.05, 4.69) is 21.6 Å². The van der Waals surface area contributed by atoms with E-state index in [0.717, 1.165) is 11.6 Å². The predicted molar refractivity (Wildman–Crippen MR) is 146 cm³/mol. The maximum Gasteiger partial charge on any atom is 0.303 e. The molecule has 0 aliphatic rings. The summed E-state index contributed by atoms with van der Waals surface area (Å²) in [6.45, 7) is 1.60. The van der Waals surface area contributed by atoms with Crippen molar-refractivity contribution in [3.05, 3.63) is 80.4 Å². The molecule has 0 bridgehead atoms. The van der Waals surface area contributed by atoms with Crippen LogP contribution in [0.4, 0.5) is 34.1 Å². The van der Waals surface area contributed by atoms with Crippen LogP contribution in [-0.2, 0) is 11.3 Å². The van der Waals surface area contributed by atoms with Crippen LogP contribution in [0.25, 0.3) is 0 Å². The highest BCUT2D eigenvalue weighted by molar-refractivity contribution is 8.03. The van der Waals surface area contributed by atoms with Gasteiger partial charge in [-0.3, -0.25) is 25.0 Å². The van der Waals surface area contributed by atoms with Crippen molar-refractivity contribution in [2.24, 2.45) is 10.2 Å². The lowest BCUT2D eigenvalue weighted by Gasteiger charge is -2.25. The number of carbonyl (C=O) groups excluding carboxylic acids is 1. The molecule has 0 saturated carbocycles. The number of nitrogens with one attached hydrogen (secondary N) is 1. The molecule has 0 radical (unpaired) electrons. The summed E-state index contributed by atoms with van der Waals surface area (Å²) in [7, 11) is 1.40. The van der Waals surface area contributed by atoms with E-state index >= 15 is 0 Å². The molecular weight excluding hydrogens is 540 g/mol. The molecule has 3 aromatic rings. The lowest BCUT2D eigenvalue weighted by atomic mass is 10.1. The van der Waals surface area contributed by atoms with E-state index in [1.807, 2.05) is 30.3 Å². The summed E-state index contributed by atoms with van der Waals surface area (Å²) in [5, 5.41) is 53.8. The van der Waals surface area contributed by atoms with Gasteiger partial charge in [-0.25, -0.2) is 0 Å². The predicted octanol–water partition coefficient (Wildman–Crippen LogP) is 5.99. The van der Waals surface area contributed by atoms with Crippen LogP contribution in [0, 0.1) is 42.2 Å². The number of ether oxygens (including phenoxy) is 1. The van der Waals surface area contributed by atoms with Crippen LogP contribution in [0.1, 0.15) is 12.5 Å². The van der Waals surface area contributed by atoms with Gasteiger partial charge in [0.2, 0.25) is 5.91 Å². The first-order valence-electron chi connectivity index (χ1n) is 11.3. The van der Waals surface area contributed by atoms with Crippen molar-refractivity contribution in [1.82, 2.24) is 0 Å². The second kappa shape index (κ2) is 13.3. The highest BCUT2D eigenvalue weighted by Gasteiger charge is 2.25. The lowest BCUT2D eigenvalue weighted by molar-refractivity contribution is -0.395. The second-order valence-electron chi connectivity index (χ2n) is 7.94. The topological polar surface area (TPSA) is 200 Å². The Morgan fingerprint density at radius 3 is 2.30 bits per heavy atom. The number of rotatable bonds is 11. The van der Waals surface area contributed by atoms with Crippen molar-refractivity contribution in [2.75, 3.05) is 23.9 Å². The van der Waals surface area contributed by atoms with Crippen molar-refractivity contribution in [2.45, 2.75) is 18.4 Å². The number of nitriles is 2. The number of nitro benzene ring substituents is 2. The summed E-state index contributed by atoms with van der Waals surface area (Å²) in [6.07, 6.45) is 0. The molecule has 14 nitrogen and oxygen atoms in total. The van der Waals surface area contributed by atoms with Crippen LogP contribution in [0.2, 0.25) is 0 Å². The fraction of sp³-hybridized carbons (Fsp3) is 0.160. The minimum Gasteiger partial charge on any atom is -0.494 e. The van der Waals surface area contributed by atoms with Crippen molar-refractivity contribution in [1.29, 1.82) is 10.5 Å². The molecule has 1 amide bonds. The molecule has 0 atom stereocenters. The standard InChI is InChI=1S/C25H20N8O6S/c1-16(34)28-18-10-22(31(9-8-26)14-17-6-4-3-5-7-17)24(39-2)11-19(18)29-30-20-12-25(40-15-27)23(33(37)38)13-21(20)32(35)36/h3-7,10-13H,9,14H2,1-2H3,(H,28,34)/b30-29+. The van der Waals surface area contributed by atoms with Gasteiger partial charge in [0.05, 0.1) is 40.5 Å². The SMILES string of the molecule is COc1cc(/N=N/c2cc(SC#N)c([N+](=O)[O-])cc2[N+](=O)[O-])c(NC(C)=O)cc1N(CC#N)Cc1ccccc1. The Morgan fingerprint density at radius 2 is 1.73 bits per heavy atom. The molecule has 0 aliphatic heterocycles. The van der Waals surface area contributed by atoms with Crippen molar-refractivity contribution in [3.8, 4) is 17.2 Å². The molecule has 0 aliphatic carbocycles. The third kappa shape index (κ3) is 7.06. The summed E-state index contributed by atoms with van der Waals surface area (Å²) >= 11 is 0.445. The van der Waals surface area contributed by atoms with E-state index < -0.39 is 27.1 Å². The van der Waals surface area contributed by atoms with E-state index in [4.69, 9.17) is 10.00 Å². The number of carbonyl (C=O) groups is 1. The minimum absolute atomic E-state index is 0.0139. The number of hydrogen-bond acceptors (Lipinski definition) is 12. The third-order valence-electron chi connectivity index (χ3n) is 5.30. The normalized spacial score (nSPS) is 10.4. The van der Waals surface area contributed by atoms with E-state index in [1.165, 1.54) is 26.2 Å². The average Bonchev–Trinajstić information content (AvgIpc) is 2.92. The van der Waals surface area contributed by atoms with Crippen molar-refractivity contribution < 1.29 is 19.4 Å². The number of nitro groups is 2. The first-order valence-corrected chi connectivity index (χ1v) is 12.1. The maximum absolute atomic E-state index is 12.0. The summed E-state index contributed by atoms with van der Waals surface area (Å²) in [5.41, 5.74) is -0.0800. The quantitative estimate of drug-likeness (QED) is 0.0725. The first kappa shape index (κ1) is 29.0. The van der Waals surface area contributed by atoms with E-state index in [-0.39, 0.29) is 34.3 Å². The minimum atomic E-state index is -0.857. The summed E-state index contributed by atoms with van der Waals surface area (Å²) in [5.74, 6) is -0.176. The number of benzene rings is 3. The smallest absolute Gasteiger partial charge is 0.303 e. The number of thiocyanates is 1. The van der Waals surface area contributed by atoms with Gasteiger partial charge in [-0.2, -0.15) is 10.5 Å². The van der Waals surface area contributed by atoms with Crippen LogP contribution in [0.15, 0.2) is 69.7 Å². The Hall–Kier alpha value is -5.54. The van der Waals surface area contributed by atoms with Gasteiger partial charge < -0.3 is 15.0 Å². The largest absolute Gasteiger partial charge is 0.494 e. The number of anilines is 2. The Morgan fingerprint density at radius 1 is 1.05 bits per heavy atom. The zero-order chi connectivity index (χ0) is 29.2. The van der Waals surface area contributed by atoms with Gasteiger partial charge in [0.1, 0.15) is 28.3 Å². The van der Waals surface area contributed by atoms with Crippen LogP contribution in [0.5, 0.6) is 5.75 Å². The van der Waals surface area contributed by atoms with Gasteiger partial charge in [0.25, 0.3) is 5.69 Å². The average molecular weight is 561 g/mol. The summed E-state index contributed by atoms with van der Waals surface area (Å²) < 4.78 is 5.53. The molecule has 40 heavy (non-hydrogen) atoms. The number of nitrogens with zero attached hydrogens (tertiary/aromatic N) is 7. The van der Waals surface area contributed by atoms with E-state index in [1.54, 1.807) is 10.3 Å². The molecule has 0 fully saturated rings. The van der Waals surface area contributed by atoms with Crippen LogP contribution in [0.3, 0.4) is 0 Å². The molecule has 0 saturated heterocycles. The monoisotopic (exact) mass is 560 g/mol. The van der Waals surface area contributed by atoms with E-state index in [0.29, 0.717) is 30.1 Å². The number of thioether (sulfide) groups is 1. The number of azo groups is 1. The molecule has 202 valence electrons. The molecule has 1 N–H and O–H groups in total. The highest BCUT2D eigenvalue weighted by atomic mass is 32.2. The fourth-order valence-electron chi connectivity index (χ4n) is 3.61. The van der Waals surface area contributed by atoms with Crippen LogP contribution in [-0.4, -0.2) is 29.4 Å². The maximum atomic E-state index is 12.0. The summed E-state index contributed by atoms with van der Waals surface area (Å²) in [6, 6.07) is 16.2. The number of amides is 1. The van der Waals surface area contributed by atoms with Gasteiger partial charge in [-0.15, -0.1) is 10.2 Å². The number of hydrogen-bond donors (Lipinski definition) is 1. The van der Waals surface area contributed by atoms with Crippen molar-refractivity contribution >= 4 is 51.8 Å². The van der Waals surface area contributed by atoms with Gasteiger partial charge in [0, 0.05) is 19.5 Å².